The first-order valence-electron chi connectivity index (χ1n) is 10.7. The lowest BCUT2D eigenvalue weighted by Gasteiger charge is -2.38. The molecule has 7 heteroatoms. The Morgan fingerprint density at radius 1 is 1.06 bits per heavy atom. The van der Waals surface area contributed by atoms with Crippen molar-refractivity contribution in [2.75, 3.05) is 5.32 Å². The van der Waals surface area contributed by atoms with Crippen LogP contribution in [0.5, 0.6) is 0 Å². The maximum Gasteiger partial charge on any atom is 0.269 e. The van der Waals surface area contributed by atoms with Crippen molar-refractivity contribution in [2.24, 2.45) is 5.41 Å². The van der Waals surface area contributed by atoms with Gasteiger partial charge in [-0.15, -0.1) is 0 Å². The van der Waals surface area contributed by atoms with Crippen LogP contribution in [-0.2, 0) is 4.79 Å². The summed E-state index contributed by atoms with van der Waals surface area (Å²) in [4.78, 5) is 24.1. The molecule has 3 aromatic rings. The van der Waals surface area contributed by atoms with E-state index in [0.717, 1.165) is 45.6 Å². The quantitative estimate of drug-likeness (QED) is 0.424. The van der Waals surface area contributed by atoms with Gasteiger partial charge in [0.2, 0.25) is 0 Å². The van der Waals surface area contributed by atoms with E-state index < -0.39 is 4.92 Å². The van der Waals surface area contributed by atoms with Crippen molar-refractivity contribution >= 4 is 17.3 Å². The smallest absolute Gasteiger partial charge is 0.269 e. The molecule has 7 nitrogen and oxygen atoms in total. The molecule has 0 bridgehead atoms. The van der Waals surface area contributed by atoms with Crippen molar-refractivity contribution in [3.8, 4) is 11.3 Å². The van der Waals surface area contributed by atoms with Crippen LogP contribution in [-0.4, -0.2) is 20.9 Å². The van der Waals surface area contributed by atoms with Crippen LogP contribution < -0.4 is 5.32 Å². The van der Waals surface area contributed by atoms with Gasteiger partial charge in [0.1, 0.15) is 0 Å². The van der Waals surface area contributed by atoms with E-state index in [1.54, 1.807) is 12.1 Å². The number of aryl methyl sites for hydroxylation is 1. The van der Waals surface area contributed by atoms with Crippen LogP contribution >= 0.6 is 0 Å². The van der Waals surface area contributed by atoms with Crippen molar-refractivity contribution in [1.29, 1.82) is 0 Å². The molecule has 162 valence electrons. The molecule has 1 aliphatic carbocycles. The lowest BCUT2D eigenvalue weighted by Crippen LogP contribution is -2.33. The van der Waals surface area contributed by atoms with E-state index in [-0.39, 0.29) is 22.8 Å². The molecule has 0 fully saturated rings. The number of nitrogens with zero attached hydrogens (tertiary/aromatic N) is 2. The van der Waals surface area contributed by atoms with Crippen molar-refractivity contribution in [1.82, 2.24) is 10.2 Å². The maximum atomic E-state index is 13.4. The van der Waals surface area contributed by atoms with Gasteiger partial charge in [0.05, 0.1) is 10.6 Å². The molecule has 0 saturated heterocycles. The largest absolute Gasteiger partial charge is 0.342 e. The monoisotopic (exact) mass is 428 g/mol. The van der Waals surface area contributed by atoms with Gasteiger partial charge in [-0.3, -0.25) is 20.0 Å². The summed E-state index contributed by atoms with van der Waals surface area (Å²) in [5.41, 5.74) is 6.28. The van der Waals surface area contributed by atoms with Crippen molar-refractivity contribution in [2.45, 2.75) is 39.5 Å². The van der Waals surface area contributed by atoms with Gasteiger partial charge in [-0.25, -0.2) is 0 Å². The molecular formula is C25H24N4O3. The zero-order valence-corrected chi connectivity index (χ0v) is 18.2. The Bertz CT molecular complexity index is 1270. The van der Waals surface area contributed by atoms with E-state index in [4.69, 9.17) is 0 Å². The predicted octanol–water partition coefficient (Wildman–Crippen LogP) is 5.49. The number of ketones is 1. The predicted molar refractivity (Wildman–Crippen MR) is 122 cm³/mol. The number of carbonyl (C=O) groups excluding carboxylic acids is 1. The second kappa shape index (κ2) is 7.15. The second-order valence-corrected chi connectivity index (χ2v) is 9.47. The first-order valence-corrected chi connectivity index (χ1v) is 10.7. The number of nitro benzene ring substituents is 1. The van der Waals surface area contributed by atoms with Crippen LogP contribution in [0.2, 0.25) is 0 Å². The number of H-pyrrole nitrogens is 1. The Balaban J connectivity index is 1.70. The number of aromatic amines is 1. The molecule has 0 saturated carbocycles. The highest BCUT2D eigenvalue weighted by atomic mass is 16.6. The SMILES string of the molecule is Cc1ccc(C2C3=C(CC(C)(C)CC3=O)Nc3n[nH]c(-c4ccc([N+](=O)[O-])cc4)c32)cc1. The number of rotatable bonds is 3. The van der Waals surface area contributed by atoms with Gasteiger partial charge in [-0.05, 0) is 36.5 Å². The van der Waals surface area contributed by atoms with Gasteiger partial charge < -0.3 is 5.32 Å². The molecule has 2 aromatic carbocycles. The Kier molecular flexibility index (Phi) is 4.51. The van der Waals surface area contributed by atoms with Gasteiger partial charge in [-0.1, -0.05) is 43.7 Å². The summed E-state index contributed by atoms with van der Waals surface area (Å²) in [5, 5.41) is 22.1. The summed E-state index contributed by atoms with van der Waals surface area (Å²) in [6.07, 6.45) is 1.27. The highest BCUT2D eigenvalue weighted by Crippen LogP contribution is 2.50. The molecule has 2 N–H and O–H groups in total. The summed E-state index contributed by atoms with van der Waals surface area (Å²) in [5.74, 6) is 0.596. The van der Waals surface area contributed by atoms with Gasteiger partial charge in [0.15, 0.2) is 11.6 Å². The van der Waals surface area contributed by atoms with Crippen LogP contribution in [0.15, 0.2) is 59.8 Å². The summed E-state index contributed by atoms with van der Waals surface area (Å²) in [7, 11) is 0. The highest BCUT2D eigenvalue weighted by Gasteiger charge is 2.42. The average molecular weight is 428 g/mol. The molecular weight excluding hydrogens is 404 g/mol. The van der Waals surface area contributed by atoms with Crippen LogP contribution in [0.4, 0.5) is 11.5 Å². The molecule has 1 atom stereocenters. The average Bonchev–Trinajstić information content (AvgIpc) is 3.15. The fourth-order valence-electron chi connectivity index (χ4n) is 4.86. The molecule has 2 heterocycles. The van der Waals surface area contributed by atoms with Crippen molar-refractivity contribution in [3.63, 3.8) is 0 Å². The Hall–Kier alpha value is -3.74. The summed E-state index contributed by atoms with van der Waals surface area (Å²) in [6.45, 7) is 6.26. The number of allylic oxidation sites excluding steroid dienone is 2. The van der Waals surface area contributed by atoms with Crippen LogP contribution in [0.3, 0.4) is 0 Å². The summed E-state index contributed by atoms with van der Waals surface area (Å²) >= 11 is 0. The second-order valence-electron chi connectivity index (χ2n) is 9.47. The van der Waals surface area contributed by atoms with Crippen LogP contribution in [0, 0.1) is 22.5 Å². The van der Waals surface area contributed by atoms with Crippen molar-refractivity contribution in [3.05, 3.63) is 86.6 Å². The van der Waals surface area contributed by atoms with E-state index in [1.807, 2.05) is 6.92 Å². The zero-order chi connectivity index (χ0) is 22.6. The minimum Gasteiger partial charge on any atom is -0.342 e. The minimum absolute atomic E-state index is 0.0324. The van der Waals surface area contributed by atoms with E-state index in [0.29, 0.717) is 12.2 Å². The number of fused-ring (bicyclic) bond motifs is 1. The Labute approximate surface area is 185 Å². The third-order valence-electron chi connectivity index (χ3n) is 6.35. The number of carbonyl (C=O) groups is 1. The van der Waals surface area contributed by atoms with E-state index >= 15 is 0 Å². The normalized spacial score (nSPS) is 19.2. The third-order valence-corrected chi connectivity index (χ3v) is 6.35. The standard InChI is InChI=1S/C25H24N4O3/c1-14-4-6-15(7-5-14)20-21-18(12-25(2,3)13-19(21)30)26-24-22(20)23(27-28-24)16-8-10-17(11-9-16)29(31)32/h4-11,20H,12-13H2,1-3H3,(H2,26,27,28). The van der Waals surface area contributed by atoms with Gasteiger partial charge in [-0.2, -0.15) is 5.10 Å². The van der Waals surface area contributed by atoms with E-state index in [2.05, 4.69) is 53.6 Å². The number of hydrogen-bond donors (Lipinski definition) is 2. The van der Waals surface area contributed by atoms with Gasteiger partial charge in [0.25, 0.3) is 5.69 Å². The Morgan fingerprint density at radius 2 is 1.75 bits per heavy atom. The Morgan fingerprint density at radius 3 is 2.41 bits per heavy atom. The van der Waals surface area contributed by atoms with Crippen LogP contribution in [0.1, 0.15) is 49.3 Å². The molecule has 0 radical (unpaired) electrons. The molecule has 1 aromatic heterocycles. The molecule has 1 unspecified atom stereocenters. The number of Topliss-reactive ketones (excluding diaryl/α,β-unsaturated/α-hetero) is 1. The third kappa shape index (κ3) is 3.30. The van der Waals surface area contributed by atoms with Gasteiger partial charge in [0, 0.05) is 46.9 Å². The number of anilines is 1. The van der Waals surface area contributed by atoms with E-state index in [9.17, 15) is 14.9 Å². The minimum atomic E-state index is -0.414. The van der Waals surface area contributed by atoms with Gasteiger partial charge >= 0.3 is 0 Å². The first-order chi connectivity index (χ1) is 15.2. The molecule has 32 heavy (non-hydrogen) atoms. The molecule has 0 spiro atoms. The molecule has 5 rings (SSSR count). The molecule has 2 aliphatic rings. The first kappa shape index (κ1) is 20.2. The van der Waals surface area contributed by atoms with Crippen LogP contribution in [0.25, 0.3) is 11.3 Å². The highest BCUT2D eigenvalue weighted by molar-refractivity contribution is 6.02. The summed E-state index contributed by atoms with van der Waals surface area (Å²) < 4.78 is 0. The zero-order valence-electron chi connectivity index (χ0n) is 18.2. The molecule has 0 amide bonds. The number of non-ortho nitro benzene ring substituents is 1. The number of benzene rings is 2. The topological polar surface area (TPSA) is 101 Å². The number of aromatic nitrogens is 2. The molecule has 1 aliphatic heterocycles. The number of hydrogen-bond acceptors (Lipinski definition) is 5. The lowest BCUT2D eigenvalue weighted by atomic mass is 9.69. The summed E-state index contributed by atoms with van der Waals surface area (Å²) in [6, 6.07) is 14.7. The maximum absolute atomic E-state index is 13.4. The fourth-order valence-corrected chi connectivity index (χ4v) is 4.86. The number of nitro groups is 1. The van der Waals surface area contributed by atoms with E-state index in [1.165, 1.54) is 12.1 Å². The van der Waals surface area contributed by atoms with Crippen molar-refractivity contribution < 1.29 is 9.72 Å². The number of nitrogens with one attached hydrogen (secondary N) is 2. The lowest BCUT2D eigenvalue weighted by molar-refractivity contribution is -0.384. The fraction of sp³-hybridized carbons (Fsp3) is 0.280.